The van der Waals surface area contributed by atoms with Gasteiger partial charge in [0.1, 0.15) is 11.8 Å². The van der Waals surface area contributed by atoms with Crippen LogP contribution in [0.4, 0.5) is 0 Å². The third-order valence-corrected chi connectivity index (χ3v) is 3.91. The van der Waals surface area contributed by atoms with E-state index >= 15 is 0 Å². The summed E-state index contributed by atoms with van der Waals surface area (Å²) in [5.74, 6) is 0.370. The minimum absolute atomic E-state index is 0.354. The second kappa shape index (κ2) is 6.74. The number of thiophene rings is 1. The summed E-state index contributed by atoms with van der Waals surface area (Å²) in [4.78, 5) is 0.354. The summed E-state index contributed by atoms with van der Waals surface area (Å²) in [6.45, 7) is -3.07. The molecule has 0 aliphatic heterocycles. The highest BCUT2D eigenvalue weighted by atomic mass is 32.1. The smallest absolute Gasteiger partial charge is 0.134 e. The molecule has 21 heavy (non-hydrogen) atoms. The Morgan fingerprint density at radius 2 is 2.14 bits per heavy atom. The highest BCUT2D eigenvalue weighted by Crippen LogP contribution is 2.32. The number of hydrogen-bond acceptors (Lipinski definition) is 3. The fraction of sp³-hybridized carbons (Fsp3) is 0.222. The SMILES string of the molecule is [2H]C([2H])([2H])NCC([2H])([2H])C([2H])(Oc1cccc2ccccc12)c1cccs1. The van der Waals surface area contributed by atoms with Crippen molar-refractivity contribution in [1.82, 2.24) is 5.32 Å². The van der Waals surface area contributed by atoms with E-state index in [1.165, 1.54) is 11.3 Å². The molecule has 2 aromatic carbocycles. The molecule has 1 heterocycles. The molecule has 0 saturated carbocycles. The maximum atomic E-state index is 8.89. The topological polar surface area (TPSA) is 21.3 Å². The predicted octanol–water partition coefficient (Wildman–Crippen LogP) is 4.63. The summed E-state index contributed by atoms with van der Waals surface area (Å²) < 4.78 is 53.6. The fourth-order valence-corrected chi connectivity index (χ4v) is 2.78. The Balaban J connectivity index is 2.03. The summed E-state index contributed by atoms with van der Waals surface area (Å²) in [6.07, 6.45) is -4.44. The van der Waals surface area contributed by atoms with Crippen LogP contribution in [0.25, 0.3) is 10.8 Å². The van der Waals surface area contributed by atoms with Gasteiger partial charge in [-0.2, -0.15) is 0 Å². The Kier molecular flexibility index (Phi) is 2.75. The van der Waals surface area contributed by atoms with Crippen molar-refractivity contribution in [3.63, 3.8) is 0 Å². The van der Waals surface area contributed by atoms with Crippen LogP contribution in [0.15, 0.2) is 60.0 Å². The molecule has 0 saturated heterocycles. The number of ether oxygens (including phenoxy) is 1. The maximum absolute atomic E-state index is 8.89. The van der Waals surface area contributed by atoms with Gasteiger partial charge in [-0.05, 0) is 36.4 Å². The van der Waals surface area contributed by atoms with Crippen molar-refractivity contribution in [3.8, 4) is 5.75 Å². The molecule has 3 heteroatoms. The molecule has 0 spiro atoms. The third kappa shape index (κ3) is 3.26. The number of nitrogens with one attached hydrogen (secondary N) is 1. The van der Waals surface area contributed by atoms with Gasteiger partial charge in [-0.15, -0.1) is 11.3 Å². The number of rotatable bonds is 6. The van der Waals surface area contributed by atoms with Crippen molar-refractivity contribution in [2.75, 3.05) is 13.5 Å². The van der Waals surface area contributed by atoms with Gasteiger partial charge in [-0.3, -0.25) is 0 Å². The number of hydrogen-bond donors (Lipinski definition) is 1. The van der Waals surface area contributed by atoms with Crippen LogP contribution >= 0.6 is 11.3 Å². The molecule has 3 aromatic rings. The quantitative estimate of drug-likeness (QED) is 0.717. The van der Waals surface area contributed by atoms with Gasteiger partial charge in [0.2, 0.25) is 0 Å². The van der Waals surface area contributed by atoms with E-state index in [2.05, 4.69) is 5.32 Å². The Bertz CT molecular complexity index is 906. The standard InChI is InChI=1S/C18H19NOS/c1-19-12-11-17(18-10-5-13-21-18)20-16-9-4-7-14-6-2-3-8-15(14)16/h2-10,13,17,19H,11-12H2,1H3/i1D3,11D2,17D. The zero-order valence-corrected chi connectivity index (χ0v) is 12.1. The molecule has 0 aliphatic rings. The van der Waals surface area contributed by atoms with Crippen LogP contribution in [0, 0.1) is 0 Å². The van der Waals surface area contributed by atoms with E-state index in [4.69, 9.17) is 13.0 Å². The molecule has 0 bridgehead atoms. The minimum Gasteiger partial charge on any atom is -0.484 e. The molecule has 0 radical (unpaired) electrons. The van der Waals surface area contributed by atoms with Crippen molar-refractivity contribution in [2.45, 2.75) is 12.5 Å². The summed E-state index contributed by atoms with van der Waals surface area (Å²) in [6, 6.07) is 16.2. The second-order valence-corrected chi connectivity index (χ2v) is 5.36. The van der Waals surface area contributed by atoms with Crippen LogP contribution in [0.1, 0.15) is 25.6 Å². The van der Waals surface area contributed by atoms with Gasteiger partial charge in [0, 0.05) is 23.5 Å². The van der Waals surface area contributed by atoms with Crippen LogP contribution in [0.2, 0.25) is 0 Å². The van der Waals surface area contributed by atoms with E-state index in [-0.39, 0.29) is 0 Å². The van der Waals surface area contributed by atoms with E-state index in [0.29, 0.717) is 10.6 Å². The number of benzene rings is 2. The molecule has 108 valence electrons. The minimum atomic E-state index is -2.51. The molecule has 1 unspecified atom stereocenters. The van der Waals surface area contributed by atoms with Crippen molar-refractivity contribution < 1.29 is 13.0 Å². The Morgan fingerprint density at radius 1 is 1.24 bits per heavy atom. The fourth-order valence-electron chi connectivity index (χ4n) is 2.10. The average Bonchev–Trinajstić information content (AvgIpc) is 3.15. The molecule has 1 N–H and O–H groups in total. The molecule has 1 aromatic heterocycles. The lowest BCUT2D eigenvalue weighted by atomic mass is 10.1. The summed E-state index contributed by atoms with van der Waals surface area (Å²) in [7, 11) is 0. The van der Waals surface area contributed by atoms with E-state index in [9.17, 15) is 0 Å². The van der Waals surface area contributed by atoms with E-state index in [1.807, 2.05) is 30.3 Å². The third-order valence-electron chi connectivity index (χ3n) is 3.04. The van der Waals surface area contributed by atoms with E-state index in [0.717, 1.165) is 10.8 Å². The first-order valence-corrected chi connectivity index (χ1v) is 7.46. The Morgan fingerprint density at radius 3 is 3.00 bits per heavy atom. The first-order valence-electron chi connectivity index (χ1n) is 9.58. The van der Waals surface area contributed by atoms with Gasteiger partial charge in [-0.1, -0.05) is 42.5 Å². The van der Waals surface area contributed by atoms with Gasteiger partial charge in [0.15, 0.2) is 0 Å². The number of fused-ring (bicyclic) bond motifs is 1. The van der Waals surface area contributed by atoms with Gasteiger partial charge in [0.05, 0.1) is 1.37 Å². The molecule has 0 fully saturated rings. The molecule has 2 nitrogen and oxygen atoms in total. The maximum Gasteiger partial charge on any atom is 0.134 e. The zero-order chi connectivity index (χ0) is 19.7. The lowest BCUT2D eigenvalue weighted by molar-refractivity contribution is 0.201. The van der Waals surface area contributed by atoms with Crippen molar-refractivity contribution in [2.24, 2.45) is 0 Å². The van der Waals surface area contributed by atoms with Gasteiger partial charge < -0.3 is 10.1 Å². The van der Waals surface area contributed by atoms with Crippen LogP contribution in [-0.2, 0) is 0 Å². The first kappa shape index (κ1) is 8.57. The molecule has 1 atom stereocenters. The largest absolute Gasteiger partial charge is 0.484 e. The lowest BCUT2D eigenvalue weighted by Gasteiger charge is -2.19. The highest BCUT2D eigenvalue weighted by molar-refractivity contribution is 7.10. The Labute approximate surface area is 137 Å². The van der Waals surface area contributed by atoms with E-state index < -0.39 is 26.0 Å². The lowest BCUT2D eigenvalue weighted by Crippen LogP contribution is -2.15. The average molecular weight is 303 g/mol. The zero-order valence-electron chi connectivity index (χ0n) is 17.3. The molecular formula is C18H19NOS. The molecule has 3 rings (SSSR count). The predicted molar refractivity (Wildman–Crippen MR) is 90.2 cm³/mol. The molecule has 0 aliphatic carbocycles. The summed E-state index contributed by atoms with van der Waals surface area (Å²) >= 11 is 1.19. The Hall–Kier alpha value is -1.84. The van der Waals surface area contributed by atoms with Crippen LogP contribution < -0.4 is 10.1 Å². The summed E-state index contributed by atoms with van der Waals surface area (Å²) in [5.41, 5.74) is 0. The molecular weight excluding hydrogens is 278 g/mol. The van der Waals surface area contributed by atoms with E-state index in [1.54, 1.807) is 29.6 Å². The molecule has 0 amide bonds. The van der Waals surface area contributed by atoms with Crippen LogP contribution in [0.3, 0.4) is 0 Å². The van der Waals surface area contributed by atoms with Gasteiger partial charge >= 0.3 is 0 Å². The highest BCUT2D eigenvalue weighted by Gasteiger charge is 2.15. The summed E-state index contributed by atoms with van der Waals surface area (Å²) in [5, 5.41) is 5.58. The van der Waals surface area contributed by atoms with Gasteiger partial charge in [-0.25, -0.2) is 0 Å². The monoisotopic (exact) mass is 303 g/mol. The van der Waals surface area contributed by atoms with Crippen LogP contribution in [0.5, 0.6) is 5.75 Å². The van der Waals surface area contributed by atoms with Crippen molar-refractivity contribution in [1.29, 1.82) is 0 Å². The normalized spacial score (nSPS) is 19.4. The first-order chi connectivity index (χ1) is 12.6. The van der Waals surface area contributed by atoms with Crippen molar-refractivity contribution >= 4 is 22.1 Å². The van der Waals surface area contributed by atoms with Crippen molar-refractivity contribution in [3.05, 3.63) is 64.9 Å². The van der Waals surface area contributed by atoms with Crippen LogP contribution in [-0.4, -0.2) is 13.5 Å². The second-order valence-electron chi connectivity index (χ2n) is 4.42. The van der Waals surface area contributed by atoms with Gasteiger partial charge in [0.25, 0.3) is 0 Å².